The lowest BCUT2D eigenvalue weighted by molar-refractivity contribution is -0.311. The van der Waals surface area contributed by atoms with Crippen LogP contribution in [-0.4, -0.2) is 24.3 Å². The van der Waals surface area contributed by atoms with E-state index >= 15 is 0 Å². The van der Waals surface area contributed by atoms with Crippen LogP contribution in [0.2, 0.25) is 0 Å². The van der Waals surface area contributed by atoms with Crippen LogP contribution in [0, 0.1) is 35.5 Å². The number of hydrogen-bond acceptors (Lipinski definition) is 3. The molecule has 0 radical (unpaired) electrons. The van der Waals surface area contributed by atoms with E-state index in [0.717, 1.165) is 31.4 Å². The lowest BCUT2D eigenvalue weighted by Crippen LogP contribution is -2.57. The molecule has 4 bridgehead atoms. The first-order valence-electron chi connectivity index (χ1n) is 10.4. The van der Waals surface area contributed by atoms with Crippen molar-refractivity contribution in [3.8, 4) is 0 Å². The SMILES string of the molecule is C=C(C)[C@H]1CC(=O)[C@H](C)[C@H]2CCC(C)=C3[C@@H]2[C@@H]2OC(C)(C)OC[C@@H]2C[C@H]31. The third kappa shape index (κ3) is 2.82. The molecule has 0 spiro atoms. The van der Waals surface area contributed by atoms with E-state index in [4.69, 9.17) is 9.47 Å². The smallest absolute Gasteiger partial charge is 0.163 e. The quantitative estimate of drug-likeness (QED) is 0.624. The van der Waals surface area contributed by atoms with Crippen LogP contribution < -0.4 is 0 Å². The molecule has 1 aliphatic heterocycles. The fourth-order valence-corrected chi connectivity index (χ4v) is 6.33. The van der Waals surface area contributed by atoms with Crippen LogP contribution in [0.15, 0.2) is 23.3 Å². The van der Waals surface area contributed by atoms with E-state index in [1.54, 1.807) is 11.1 Å². The van der Waals surface area contributed by atoms with Crippen molar-refractivity contribution in [3.63, 3.8) is 0 Å². The number of ether oxygens (including phenoxy) is 2. The molecule has 2 saturated carbocycles. The van der Waals surface area contributed by atoms with E-state index in [0.29, 0.717) is 35.9 Å². The maximum atomic E-state index is 13.1. The molecule has 0 aromatic heterocycles. The minimum atomic E-state index is -0.528. The molecule has 7 atom stereocenters. The van der Waals surface area contributed by atoms with Crippen LogP contribution in [0.25, 0.3) is 0 Å². The third-order valence-electron chi connectivity index (χ3n) is 7.70. The molecule has 3 heteroatoms. The fourth-order valence-electron chi connectivity index (χ4n) is 6.33. The number of rotatable bonds is 1. The summed E-state index contributed by atoms with van der Waals surface area (Å²) in [4.78, 5) is 13.1. The Kier molecular flexibility index (Phi) is 4.47. The lowest BCUT2D eigenvalue weighted by atomic mass is 9.53. The highest BCUT2D eigenvalue weighted by Gasteiger charge is 2.55. The molecule has 3 aliphatic carbocycles. The molecule has 4 aliphatic rings. The normalized spacial score (nSPS) is 44.8. The minimum absolute atomic E-state index is 0.110. The van der Waals surface area contributed by atoms with Gasteiger partial charge in [0.2, 0.25) is 0 Å². The Bertz CT molecular complexity index is 658. The molecule has 1 saturated heterocycles. The molecule has 0 amide bonds. The minimum Gasteiger partial charge on any atom is -0.350 e. The second-order valence-corrected chi connectivity index (χ2v) is 9.77. The molecule has 0 aromatic rings. The van der Waals surface area contributed by atoms with Gasteiger partial charge in [0, 0.05) is 24.2 Å². The molecule has 26 heavy (non-hydrogen) atoms. The van der Waals surface area contributed by atoms with E-state index in [9.17, 15) is 4.79 Å². The first kappa shape index (κ1) is 18.4. The van der Waals surface area contributed by atoms with Gasteiger partial charge in [0.15, 0.2) is 5.79 Å². The summed E-state index contributed by atoms with van der Waals surface area (Å²) in [5.41, 5.74) is 4.33. The van der Waals surface area contributed by atoms with Gasteiger partial charge in [-0.25, -0.2) is 0 Å². The second kappa shape index (κ2) is 6.31. The standard InChI is InChI=1S/C23H34O3/c1-12(2)17-10-19(24)14(4)16-8-7-13(3)20-18(17)9-15-11-25-23(5,6)26-22(15)21(16)20/h14-18,21-22H,1,7-11H2,2-6H3/t14-,15+,16-,17-,18+,21-,22-/m1/s1. The summed E-state index contributed by atoms with van der Waals surface area (Å²) in [6.45, 7) is 15.7. The van der Waals surface area contributed by atoms with Crippen molar-refractivity contribution in [1.82, 2.24) is 0 Å². The van der Waals surface area contributed by atoms with Gasteiger partial charge in [-0.2, -0.15) is 0 Å². The number of allylic oxidation sites excluding steroid dienone is 2. The number of fused-ring (bicyclic) bond motifs is 1. The Morgan fingerprint density at radius 2 is 2.04 bits per heavy atom. The zero-order valence-electron chi connectivity index (χ0n) is 17.0. The van der Waals surface area contributed by atoms with E-state index in [1.165, 1.54) is 0 Å². The number of carbonyl (C=O) groups excluding carboxylic acids is 1. The number of ketones is 1. The monoisotopic (exact) mass is 358 g/mol. The van der Waals surface area contributed by atoms with Gasteiger partial charge in [-0.3, -0.25) is 4.79 Å². The zero-order chi connectivity index (χ0) is 18.8. The van der Waals surface area contributed by atoms with Crippen molar-refractivity contribution in [1.29, 1.82) is 0 Å². The van der Waals surface area contributed by atoms with E-state index in [-0.39, 0.29) is 17.9 Å². The Balaban J connectivity index is 1.84. The van der Waals surface area contributed by atoms with Crippen LogP contribution in [-0.2, 0) is 14.3 Å². The molecular weight excluding hydrogens is 324 g/mol. The molecule has 144 valence electrons. The van der Waals surface area contributed by atoms with E-state index in [1.807, 2.05) is 13.8 Å². The molecule has 4 rings (SSSR count). The van der Waals surface area contributed by atoms with Crippen LogP contribution in [0.3, 0.4) is 0 Å². The van der Waals surface area contributed by atoms with Gasteiger partial charge in [0.25, 0.3) is 0 Å². The summed E-state index contributed by atoms with van der Waals surface area (Å²) >= 11 is 0. The van der Waals surface area contributed by atoms with Gasteiger partial charge in [0.1, 0.15) is 5.78 Å². The maximum Gasteiger partial charge on any atom is 0.163 e. The van der Waals surface area contributed by atoms with Gasteiger partial charge in [-0.1, -0.05) is 30.2 Å². The predicted molar refractivity (Wildman–Crippen MR) is 103 cm³/mol. The first-order valence-corrected chi connectivity index (χ1v) is 10.4. The fraction of sp³-hybridized carbons (Fsp3) is 0.783. The Morgan fingerprint density at radius 3 is 2.73 bits per heavy atom. The average molecular weight is 359 g/mol. The first-order chi connectivity index (χ1) is 12.2. The molecule has 0 N–H and O–H groups in total. The summed E-state index contributed by atoms with van der Waals surface area (Å²) in [5.74, 6) is 1.94. The number of Topliss-reactive ketones (excluding diaryl/α,β-unsaturated/α-hetero) is 1. The van der Waals surface area contributed by atoms with Gasteiger partial charge in [-0.05, 0) is 64.7 Å². The Hall–Kier alpha value is -0.930. The summed E-state index contributed by atoms with van der Waals surface area (Å²) in [7, 11) is 0. The molecule has 3 nitrogen and oxygen atoms in total. The van der Waals surface area contributed by atoms with Crippen molar-refractivity contribution in [2.45, 2.75) is 72.2 Å². The van der Waals surface area contributed by atoms with Gasteiger partial charge in [0.05, 0.1) is 12.7 Å². The maximum absolute atomic E-state index is 13.1. The Labute approximate surface area is 158 Å². The molecular formula is C23H34O3. The van der Waals surface area contributed by atoms with Crippen molar-refractivity contribution in [3.05, 3.63) is 23.3 Å². The van der Waals surface area contributed by atoms with Crippen LogP contribution in [0.5, 0.6) is 0 Å². The highest BCUT2D eigenvalue weighted by molar-refractivity contribution is 5.82. The van der Waals surface area contributed by atoms with Crippen molar-refractivity contribution >= 4 is 5.78 Å². The highest BCUT2D eigenvalue weighted by atomic mass is 16.7. The molecule has 3 fully saturated rings. The lowest BCUT2D eigenvalue weighted by Gasteiger charge is -2.57. The third-order valence-corrected chi connectivity index (χ3v) is 7.70. The second-order valence-electron chi connectivity index (χ2n) is 9.77. The largest absolute Gasteiger partial charge is 0.350 e. The molecule has 0 aromatic carbocycles. The van der Waals surface area contributed by atoms with Crippen LogP contribution in [0.4, 0.5) is 0 Å². The van der Waals surface area contributed by atoms with E-state index < -0.39 is 5.79 Å². The van der Waals surface area contributed by atoms with Crippen LogP contribution >= 0.6 is 0 Å². The summed E-state index contributed by atoms with van der Waals surface area (Å²) < 4.78 is 12.6. The summed E-state index contributed by atoms with van der Waals surface area (Å²) in [5, 5.41) is 0. The molecule has 1 heterocycles. The van der Waals surface area contributed by atoms with Crippen LogP contribution in [0.1, 0.15) is 60.3 Å². The van der Waals surface area contributed by atoms with Gasteiger partial charge in [-0.15, -0.1) is 0 Å². The summed E-state index contributed by atoms with van der Waals surface area (Å²) in [6, 6.07) is 0. The predicted octanol–water partition coefficient (Wildman–Crippen LogP) is 4.92. The van der Waals surface area contributed by atoms with Gasteiger partial charge < -0.3 is 9.47 Å². The highest BCUT2D eigenvalue weighted by Crippen LogP contribution is 2.57. The van der Waals surface area contributed by atoms with Crippen molar-refractivity contribution in [2.75, 3.05) is 6.61 Å². The van der Waals surface area contributed by atoms with Gasteiger partial charge >= 0.3 is 0 Å². The number of hydrogen-bond donors (Lipinski definition) is 0. The topological polar surface area (TPSA) is 35.5 Å². The molecule has 0 unspecified atom stereocenters. The number of carbonyl (C=O) groups is 1. The zero-order valence-corrected chi connectivity index (χ0v) is 17.0. The van der Waals surface area contributed by atoms with Crippen molar-refractivity contribution < 1.29 is 14.3 Å². The Morgan fingerprint density at radius 1 is 1.31 bits per heavy atom. The van der Waals surface area contributed by atoms with E-state index in [2.05, 4.69) is 27.4 Å². The summed E-state index contributed by atoms with van der Waals surface area (Å²) in [6.07, 6.45) is 4.15. The van der Waals surface area contributed by atoms with Crippen molar-refractivity contribution in [2.24, 2.45) is 35.5 Å². The average Bonchev–Trinajstić information content (AvgIpc) is 2.57.